The smallest absolute Gasteiger partial charge is 0.249 e. The molecule has 1 amide bonds. The Labute approximate surface area is 86.7 Å². The Kier molecular flexibility index (Phi) is 4.00. The second-order valence-corrected chi connectivity index (χ2v) is 3.24. The van der Waals surface area contributed by atoms with E-state index in [4.69, 9.17) is 19.9 Å². The van der Waals surface area contributed by atoms with Gasteiger partial charge in [-0.2, -0.15) is 0 Å². The third-order valence-electron chi connectivity index (χ3n) is 2.33. The number of aliphatic hydroxyl groups excluding tert-OH is 2. The first-order valence-corrected chi connectivity index (χ1v) is 4.39. The zero-order valence-electron chi connectivity index (χ0n) is 8.49. The Morgan fingerprint density at radius 1 is 1.27 bits per heavy atom. The molecule has 1 saturated heterocycles. The molecule has 0 spiro atoms. The van der Waals surface area contributed by atoms with Crippen molar-refractivity contribution >= 4 is 5.91 Å². The molecule has 15 heavy (non-hydrogen) atoms. The first-order valence-electron chi connectivity index (χ1n) is 4.39. The maximum Gasteiger partial charge on any atom is 0.249 e. The number of ether oxygens (including phenoxy) is 3. The Balaban J connectivity index is 2.84. The molecule has 88 valence electrons. The second-order valence-electron chi connectivity index (χ2n) is 3.24. The van der Waals surface area contributed by atoms with Crippen LogP contribution in [-0.2, 0) is 19.0 Å². The second kappa shape index (κ2) is 4.86. The number of carbonyl (C=O) groups excluding carboxylic acids is 1. The van der Waals surface area contributed by atoms with E-state index in [1.165, 1.54) is 14.2 Å². The van der Waals surface area contributed by atoms with E-state index in [-0.39, 0.29) is 0 Å². The fourth-order valence-electron chi connectivity index (χ4n) is 1.52. The van der Waals surface area contributed by atoms with Crippen molar-refractivity contribution in [2.24, 2.45) is 5.73 Å². The van der Waals surface area contributed by atoms with Crippen molar-refractivity contribution in [2.45, 2.75) is 30.7 Å². The molecule has 0 aliphatic carbocycles. The van der Waals surface area contributed by atoms with E-state index >= 15 is 0 Å². The van der Waals surface area contributed by atoms with Crippen LogP contribution >= 0.6 is 0 Å². The summed E-state index contributed by atoms with van der Waals surface area (Å²) in [6, 6.07) is 0. The number of nitrogens with two attached hydrogens (primary N) is 1. The molecule has 0 aromatic heterocycles. The first kappa shape index (κ1) is 12.3. The topological polar surface area (TPSA) is 111 Å². The molecule has 0 radical (unpaired) electrons. The highest BCUT2D eigenvalue weighted by atomic mass is 16.7. The van der Waals surface area contributed by atoms with Crippen LogP contribution in [0.4, 0.5) is 0 Å². The van der Waals surface area contributed by atoms with E-state index in [0.717, 1.165) is 0 Å². The predicted octanol–water partition coefficient (Wildman–Crippen LogP) is -2.42. The van der Waals surface area contributed by atoms with E-state index < -0.39 is 36.6 Å². The van der Waals surface area contributed by atoms with Crippen LogP contribution in [-0.4, -0.2) is 61.0 Å². The van der Waals surface area contributed by atoms with Gasteiger partial charge in [0.2, 0.25) is 5.91 Å². The molecule has 7 nitrogen and oxygen atoms in total. The molecule has 0 aromatic rings. The van der Waals surface area contributed by atoms with E-state index in [1.807, 2.05) is 0 Å². The van der Waals surface area contributed by atoms with Crippen LogP contribution < -0.4 is 5.73 Å². The van der Waals surface area contributed by atoms with Crippen LogP contribution in [0, 0.1) is 0 Å². The Morgan fingerprint density at radius 2 is 1.87 bits per heavy atom. The SMILES string of the molecule is CO[C@@H]1O[C@H](C(N)=O)[C@@H](OC)[C@H](O)[C@H]1O. The minimum atomic E-state index is -1.29. The van der Waals surface area contributed by atoms with Crippen LogP contribution in [0.3, 0.4) is 0 Å². The van der Waals surface area contributed by atoms with Gasteiger partial charge in [0.1, 0.15) is 18.3 Å². The van der Waals surface area contributed by atoms with Crippen molar-refractivity contribution in [3.63, 3.8) is 0 Å². The predicted molar refractivity (Wildman–Crippen MR) is 47.7 cm³/mol. The number of primary amides is 1. The largest absolute Gasteiger partial charge is 0.387 e. The van der Waals surface area contributed by atoms with Crippen molar-refractivity contribution < 1.29 is 29.2 Å². The maximum absolute atomic E-state index is 11.0. The van der Waals surface area contributed by atoms with Gasteiger partial charge in [-0.1, -0.05) is 0 Å². The molecule has 1 fully saturated rings. The lowest BCUT2D eigenvalue weighted by Crippen LogP contribution is -2.61. The van der Waals surface area contributed by atoms with Crippen molar-refractivity contribution in [1.82, 2.24) is 0 Å². The van der Waals surface area contributed by atoms with Gasteiger partial charge in [-0.15, -0.1) is 0 Å². The fourth-order valence-corrected chi connectivity index (χ4v) is 1.52. The van der Waals surface area contributed by atoms with Gasteiger partial charge in [0.05, 0.1) is 0 Å². The number of rotatable bonds is 3. The van der Waals surface area contributed by atoms with Crippen molar-refractivity contribution in [3.05, 3.63) is 0 Å². The molecule has 0 unspecified atom stereocenters. The van der Waals surface area contributed by atoms with Gasteiger partial charge in [0.25, 0.3) is 0 Å². The Morgan fingerprint density at radius 3 is 2.27 bits per heavy atom. The lowest BCUT2D eigenvalue weighted by molar-refractivity contribution is -0.286. The lowest BCUT2D eigenvalue weighted by atomic mass is 9.98. The average molecular weight is 221 g/mol. The molecule has 4 N–H and O–H groups in total. The van der Waals surface area contributed by atoms with E-state index in [2.05, 4.69) is 0 Å². The number of methoxy groups -OCH3 is 2. The number of aliphatic hydroxyl groups is 2. The number of amides is 1. The quantitative estimate of drug-likeness (QED) is 0.489. The summed E-state index contributed by atoms with van der Waals surface area (Å²) < 4.78 is 14.7. The van der Waals surface area contributed by atoms with Gasteiger partial charge in [0, 0.05) is 14.2 Å². The van der Waals surface area contributed by atoms with Gasteiger partial charge >= 0.3 is 0 Å². The summed E-state index contributed by atoms with van der Waals surface area (Å²) in [6.07, 6.45) is -5.80. The fraction of sp³-hybridized carbons (Fsp3) is 0.875. The summed E-state index contributed by atoms with van der Waals surface area (Å²) in [6.45, 7) is 0. The molecule has 0 saturated carbocycles. The molecular formula is C8H15NO6. The molecule has 5 atom stereocenters. The van der Waals surface area contributed by atoms with Crippen molar-refractivity contribution in [2.75, 3.05) is 14.2 Å². The summed E-state index contributed by atoms with van der Waals surface area (Å²) in [5.74, 6) is -0.783. The highest BCUT2D eigenvalue weighted by molar-refractivity contribution is 5.79. The van der Waals surface area contributed by atoms with E-state index in [9.17, 15) is 15.0 Å². The third-order valence-corrected chi connectivity index (χ3v) is 2.33. The summed E-state index contributed by atoms with van der Waals surface area (Å²) in [4.78, 5) is 11.0. The maximum atomic E-state index is 11.0. The molecule has 7 heteroatoms. The molecule has 1 aliphatic rings. The van der Waals surface area contributed by atoms with Gasteiger partial charge < -0.3 is 30.2 Å². The van der Waals surface area contributed by atoms with Crippen LogP contribution in [0.25, 0.3) is 0 Å². The van der Waals surface area contributed by atoms with Crippen LogP contribution in [0.5, 0.6) is 0 Å². The Hall–Kier alpha value is -0.730. The van der Waals surface area contributed by atoms with Crippen LogP contribution in [0.2, 0.25) is 0 Å². The lowest BCUT2D eigenvalue weighted by Gasteiger charge is -2.39. The molecule has 0 bridgehead atoms. The number of hydrogen-bond acceptors (Lipinski definition) is 6. The van der Waals surface area contributed by atoms with E-state index in [0.29, 0.717) is 0 Å². The highest BCUT2D eigenvalue weighted by Gasteiger charge is 2.47. The average Bonchev–Trinajstić information content (AvgIpc) is 2.21. The zero-order valence-corrected chi connectivity index (χ0v) is 8.49. The minimum Gasteiger partial charge on any atom is -0.387 e. The number of carbonyl (C=O) groups is 1. The van der Waals surface area contributed by atoms with Gasteiger partial charge in [-0.25, -0.2) is 0 Å². The summed E-state index contributed by atoms with van der Waals surface area (Å²) >= 11 is 0. The van der Waals surface area contributed by atoms with Gasteiger partial charge in [-0.3, -0.25) is 4.79 Å². The van der Waals surface area contributed by atoms with Crippen LogP contribution in [0.15, 0.2) is 0 Å². The summed E-state index contributed by atoms with van der Waals surface area (Å²) in [5.41, 5.74) is 5.07. The monoisotopic (exact) mass is 221 g/mol. The normalized spacial score (nSPS) is 41.5. The molecule has 0 aromatic carbocycles. The van der Waals surface area contributed by atoms with E-state index in [1.54, 1.807) is 0 Å². The first-order chi connectivity index (χ1) is 7.02. The molecule has 1 rings (SSSR count). The molecule has 1 aliphatic heterocycles. The van der Waals surface area contributed by atoms with Crippen molar-refractivity contribution in [1.29, 1.82) is 0 Å². The standard InChI is InChI=1S/C8H15NO6/c1-13-5-3(10)4(11)8(14-2)15-6(5)7(9)12/h3-6,8,10-11H,1-2H3,(H2,9,12)/t3-,4-,5+,6+,8-/m1/s1. The highest BCUT2D eigenvalue weighted by Crippen LogP contribution is 2.23. The molecule has 1 heterocycles. The summed E-state index contributed by atoms with van der Waals surface area (Å²) in [7, 11) is 2.57. The Bertz CT molecular complexity index is 235. The summed E-state index contributed by atoms with van der Waals surface area (Å²) in [5, 5.41) is 19.1. The molecular weight excluding hydrogens is 206 g/mol. The van der Waals surface area contributed by atoms with Gasteiger partial charge in [0.15, 0.2) is 12.4 Å². The minimum absolute atomic E-state index is 0.783. The third kappa shape index (κ3) is 2.27. The number of hydrogen-bond donors (Lipinski definition) is 3. The van der Waals surface area contributed by atoms with Crippen molar-refractivity contribution in [3.8, 4) is 0 Å². The zero-order chi connectivity index (χ0) is 11.6. The van der Waals surface area contributed by atoms with Crippen LogP contribution in [0.1, 0.15) is 0 Å². The van der Waals surface area contributed by atoms with Gasteiger partial charge in [-0.05, 0) is 0 Å².